The second-order valence-electron chi connectivity index (χ2n) is 18.5. The van der Waals surface area contributed by atoms with Crippen LogP contribution in [0.3, 0.4) is 0 Å². The van der Waals surface area contributed by atoms with Crippen LogP contribution in [0.25, 0.3) is 11.2 Å². The minimum atomic E-state index is -3.61. The second kappa shape index (κ2) is 20.8. The number of nitrogens with one attached hydrogen (secondary N) is 2. The highest BCUT2D eigenvalue weighted by atomic mass is 31.2. The quantitative estimate of drug-likeness (QED) is 0.0770. The highest BCUT2D eigenvalue weighted by molar-refractivity contribution is 7.55. The fourth-order valence-corrected chi connectivity index (χ4v) is 15.3. The van der Waals surface area contributed by atoms with E-state index in [1.54, 1.807) is 78.4 Å². The molecule has 0 spiro atoms. The van der Waals surface area contributed by atoms with Gasteiger partial charge in [0.2, 0.25) is 0 Å². The lowest BCUT2D eigenvalue weighted by Crippen LogP contribution is -2.67. The molecule has 17 nitrogen and oxygen atoms in total. The Bertz CT molecular complexity index is 2990. The first kappa shape index (κ1) is 48.5. The van der Waals surface area contributed by atoms with Crippen LogP contribution in [0.5, 0.6) is 0 Å². The zero-order valence-electron chi connectivity index (χ0n) is 39.5. The minimum Gasteiger partial charge on any atom is -0.405 e. The molecule has 0 saturated carbocycles. The van der Waals surface area contributed by atoms with Gasteiger partial charge in [-0.1, -0.05) is 118 Å². The molecule has 7 aromatic rings. The molecule has 0 unspecified atom stereocenters. The van der Waals surface area contributed by atoms with E-state index in [9.17, 15) is 14.4 Å². The molecule has 2 fully saturated rings. The van der Waals surface area contributed by atoms with Gasteiger partial charge in [-0.2, -0.15) is 4.98 Å². The summed E-state index contributed by atoms with van der Waals surface area (Å²) in [6, 6.07) is 39.7. The van der Waals surface area contributed by atoms with E-state index >= 15 is 4.57 Å². The molecule has 2 N–H and O–H groups in total. The predicted octanol–water partition coefficient (Wildman–Crippen LogP) is 7.27. The zero-order chi connectivity index (χ0) is 48.9. The number of benzene rings is 4. The molecule has 0 aliphatic carbocycles. The first-order valence-electron chi connectivity index (χ1n) is 23.3. The summed E-state index contributed by atoms with van der Waals surface area (Å²) < 4.78 is 47.1. The number of anilines is 2. The molecule has 3 aromatic heterocycles. The number of morpholine rings is 1. The minimum absolute atomic E-state index is 0.00533. The van der Waals surface area contributed by atoms with E-state index in [-0.39, 0.29) is 54.8 Å². The molecule has 0 bridgehead atoms. The van der Waals surface area contributed by atoms with Crippen LogP contribution in [0.15, 0.2) is 151 Å². The fourth-order valence-electron chi connectivity index (χ4n) is 9.23. The number of rotatable bonds is 15. The van der Waals surface area contributed by atoms with Gasteiger partial charge in [0.15, 0.2) is 17.0 Å². The van der Waals surface area contributed by atoms with Gasteiger partial charge in [0.05, 0.1) is 38.3 Å². The summed E-state index contributed by atoms with van der Waals surface area (Å²) >= 11 is 0. The Morgan fingerprint density at radius 2 is 1.33 bits per heavy atom. The van der Waals surface area contributed by atoms with Crippen LogP contribution in [0.1, 0.15) is 73.2 Å². The molecule has 2 saturated heterocycles. The maximum absolute atomic E-state index is 15.0. The first-order valence-corrected chi connectivity index (χ1v) is 27.3. The molecule has 70 heavy (non-hydrogen) atoms. The van der Waals surface area contributed by atoms with Crippen molar-refractivity contribution < 1.29 is 32.6 Å². The first-order chi connectivity index (χ1) is 33.8. The van der Waals surface area contributed by atoms with Gasteiger partial charge in [-0.25, -0.2) is 24.4 Å². The predicted molar refractivity (Wildman–Crippen MR) is 269 cm³/mol. The molecule has 2 aliphatic rings. The van der Waals surface area contributed by atoms with Crippen LogP contribution in [0, 0.1) is 0 Å². The molecular weight excluding hydrogens is 926 g/mol. The highest BCUT2D eigenvalue weighted by Crippen LogP contribution is 2.50. The second-order valence-corrected chi connectivity index (χ2v) is 25.2. The van der Waals surface area contributed by atoms with E-state index in [1.807, 2.05) is 53.2 Å². The smallest absolute Gasteiger partial charge is 0.351 e. The number of aromatic nitrogens is 6. The number of hydrogen-bond acceptors (Lipinski definition) is 12. The van der Waals surface area contributed by atoms with E-state index in [4.69, 9.17) is 18.4 Å². The van der Waals surface area contributed by atoms with Crippen molar-refractivity contribution in [2.75, 3.05) is 43.6 Å². The van der Waals surface area contributed by atoms with Crippen LogP contribution < -0.4 is 26.7 Å². The summed E-state index contributed by atoms with van der Waals surface area (Å²) in [5, 5.41) is 7.46. The molecule has 4 aromatic carbocycles. The average Bonchev–Trinajstić information content (AvgIpc) is 3.82. The Hall–Kier alpha value is -6.50. The van der Waals surface area contributed by atoms with Crippen LogP contribution in [0.2, 0.25) is 5.04 Å². The van der Waals surface area contributed by atoms with Crippen LogP contribution in [0.4, 0.5) is 11.6 Å². The van der Waals surface area contributed by atoms with Crippen molar-refractivity contribution in [2.24, 2.45) is 0 Å². The zero-order valence-corrected chi connectivity index (χ0v) is 41.4. The molecule has 0 radical (unpaired) electrons. The van der Waals surface area contributed by atoms with Gasteiger partial charge in [0.1, 0.15) is 24.6 Å². The number of nitrogens with zero attached hydrogens (tertiary/aromatic N) is 7. The fraction of sp³-hybridized carbons (Fsp3) is 0.314. The third kappa shape index (κ3) is 10.5. The maximum atomic E-state index is 15.0. The van der Waals surface area contributed by atoms with E-state index < -0.39 is 46.2 Å². The van der Waals surface area contributed by atoms with Gasteiger partial charge in [0, 0.05) is 30.5 Å². The summed E-state index contributed by atoms with van der Waals surface area (Å²) in [4.78, 5) is 56.9. The Balaban J connectivity index is 0.960. The van der Waals surface area contributed by atoms with Gasteiger partial charge in [0.25, 0.3) is 27.7 Å². The van der Waals surface area contributed by atoms with E-state index in [0.29, 0.717) is 35.1 Å². The van der Waals surface area contributed by atoms with Gasteiger partial charge in [-0.05, 0) is 65.0 Å². The van der Waals surface area contributed by atoms with Gasteiger partial charge >= 0.3 is 5.69 Å². The largest absolute Gasteiger partial charge is 0.405 e. The molecule has 2 amide bonds. The molecule has 9 rings (SSSR count). The van der Waals surface area contributed by atoms with Crippen LogP contribution in [-0.4, -0.2) is 99.0 Å². The number of carbonyl (C=O) groups is 2. The lowest BCUT2D eigenvalue weighted by Gasteiger charge is -2.45. The van der Waals surface area contributed by atoms with E-state index in [0.717, 1.165) is 16.8 Å². The number of carbonyl (C=O) groups excluding carboxylic acids is 2. The Labute approximate surface area is 406 Å². The molecule has 5 heterocycles. The third-order valence-electron chi connectivity index (χ3n) is 12.7. The number of imidazole rings is 1. The van der Waals surface area contributed by atoms with Crippen molar-refractivity contribution >= 4 is 60.8 Å². The molecule has 2 aliphatic heterocycles. The standard InChI is InChI=1S/C51H56N9O8PSi/c1-51(2,3)70(40-23-13-7-14-24-40,41-25-15-8-16-26-41)66-33-39-30-58(31-44(68-39)60-35-54-45-46(52-34-53-47(45)60)57-49(62)37-20-11-6-12-21-37)69(4,64)65-32-38-22-17-27-43(67-38)59-29-28-42(56-50(59)63)55-48(61)36-18-9-5-10-19-36/h5-16,18-21,23-26,28-29,34-35,38-39,43-44H,17,22,27,30-33H2,1-4H3,(H,52,53,57,62)(H,55,56,61,63)/t38-,39-,43+,44+,69-/m0/s1. The van der Waals surface area contributed by atoms with Crippen molar-refractivity contribution in [3.8, 4) is 0 Å². The number of amides is 2. The van der Waals surface area contributed by atoms with Crippen molar-refractivity contribution in [3.05, 3.63) is 168 Å². The monoisotopic (exact) mass is 981 g/mol. The topological polar surface area (TPSA) is 194 Å². The lowest BCUT2D eigenvalue weighted by atomic mass is 10.1. The van der Waals surface area contributed by atoms with Gasteiger partial charge in [-0.3, -0.25) is 23.3 Å². The van der Waals surface area contributed by atoms with Gasteiger partial charge in [-0.15, -0.1) is 0 Å². The molecule has 5 atom stereocenters. The average molecular weight is 982 g/mol. The summed E-state index contributed by atoms with van der Waals surface area (Å²) in [6.07, 6.45) is 3.88. The van der Waals surface area contributed by atoms with Gasteiger partial charge < -0.3 is 29.1 Å². The van der Waals surface area contributed by atoms with Crippen molar-refractivity contribution in [2.45, 2.75) is 69.7 Å². The van der Waals surface area contributed by atoms with E-state index in [2.05, 4.69) is 75.6 Å². The number of fused-ring (bicyclic) bond motifs is 1. The van der Waals surface area contributed by atoms with Crippen molar-refractivity contribution in [1.82, 2.24) is 33.7 Å². The normalized spacial score (nSPS) is 19.8. The highest BCUT2D eigenvalue weighted by Gasteiger charge is 2.51. The molecule has 19 heteroatoms. The number of hydrogen-bond donors (Lipinski definition) is 2. The molecular formula is C51H56N9O8PSi. The summed E-state index contributed by atoms with van der Waals surface area (Å²) in [6.45, 7) is 8.72. The summed E-state index contributed by atoms with van der Waals surface area (Å²) in [5.41, 5.74) is 1.08. The SMILES string of the molecule is CC(C)(C)[Si](OC[C@@H]1CN([P@@](C)(=O)OC[C@@H]2CCC[C@H](n3ccc(NC(=O)c4ccccc4)nc3=O)O2)C[C@H](n2cnc3c(NC(=O)c4ccccc4)ncnc32)O1)(c1ccccc1)c1ccccc1. The lowest BCUT2D eigenvalue weighted by molar-refractivity contribution is -0.119. The Morgan fingerprint density at radius 1 is 0.729 bits per heavy atom. The van der Waals surface area contributed by atoms with Crippen molar-refractivity contribution in [3.63, 3.8) is 0 Å². The maximum Gasteiger partial charge on any atom is 0.351 e. The molecule has 362 valence electrons. The van der Waals surface area contributed by atoms with Crippen molar-refractivity contribution in [1.29, 1.82) is 0 Å². The third-order valence-corrected chi connectivity index (χ3v) is 19.7. The van der Waals surface area contributed by atoms with E-state index in [1.165, 1.54) is 10.9 Å². The summed E-state index contributed by atoms with van der Waals surface area (Å²) in [7, 11) is -6.64. The van der Waals surface area contributed by atoms with Crippen LogP contribution >= 0.6 is 7.52 Å². The Kier molecular flexibility index (Phi) is 14.4. The summed E-state index contributed by atoms with van der Waals surface area (Å²) in [5.74, 6) is -0.366. The Morgan fingerprint density at radius 3 is 1.94 bits per heavy atom. The number of ether oxygens (including phenoxy) is 2. The van der Waals surface area contributed by atoms with Crippen LogP contribution in [-0.2, 0) is 23.0 Å².